The van der Waals surface area contributed by atoms with E-state index in [0.717, 1.165) is 5.56 Å². The molecule has 3 rings (SSSR count). The van der Waals surface area contributed by atoms with Crippen LogP contribution in [-0.4, -0.2) is 16.8 Å². The van der Waals surface area contributed by atoms with Crippen LogP contribution in [0, 0.1) is 3.57 Å². The standard InChI is InChI=1S/C11H7IN2O3/c12-7-4-13-10(14-11(7)15)6-1-2-8-9(3-6)17-5-16-8/h1-4H,5H2,(H,13,14,15). The first kappa shape index (κ1) is 10.6. The molecule has 2 aromatic rings. The van der Waals surface area contributed by atoms with Crippen molar-refractivity contribution in [3.63, 3.8) is 0 Å². The lowest BCUT2D eigenvalue weighted by Crippen LogP contribution is -2.11. The quantitative estimate of drug-likeness (QED) is 0.803. The molecule has 0 aliphatic carbocycles. The second-order valence-corrected chi connectivity index (χ2v) is 4.64. The number of hydrogen-bond donors (Lipinski definition) is 1. The number of nitrogens with zero attached hydrogens (tertiary/aromatic N) is 1. The normalized spacial score (nSPS) is 12.8. The Bertz CT molecular complexity index is 639. The van der Waals surface area contributed by atoms with E-state index in [1.54, 1.807) is 18.3 Å². The van der Waals surface area contributed by atoms with E-state index in [4.69, 9.17) is 9.47 Å². The maximum atomic E-state index is 11.5. The SMILES string of the molecule is O=c1[nH]c(-c2ccc3c(c2)OCO3)ncc1I. The molecule has 17 heavy (non-hydrogen) atoms. The zero-order valence-corrected chi connectivity index (χ0v) is 10.7. The van der Waals surface area contributed by atoms with E-state index in [-0.39, 0.29) is 12.4 Å². The number of aromatic nitrogens is 2. The number of aromatic amines is 1. The number of rotatable bonds is 1. The van der Waals surface area contributed by atoms with Gasteiger partial charge in [-0.05, 0) is 40.8 Å². The summed E-state index contributed by atoms with van der Waals surface area (Å²) in [4.78, 5) is 18.4. The van der Waals surface area contributed by atoms with Gasteiger partial charge in [0, 0.05) is 11.8 Å². The smallest absolute Gasteiger partial charge is 0.264 e. The fourth-order valence-electron chi connectivity index (χ4n) is 1.57. The van der Waals surface area contributed by atoms with E-state index in [0.29, 0.717) is 20.9 Å². The Kier molecular flexibility index (Phi) is 2.50. The van der Waals surface area contributed by atoms with Crippen LogP contribution in [0.4, 0.5) is 0 Å². The Hall–Kier alpha value is -1.57. The predicted molar refractivity (Wildman–Crippen MR) is 69.1 cm³/mol. The summed E-state index contributed by atoms with van der Waals surface area (Å²) in [7, 11) is 0. The molecule has 0 amide bonds. The zero-order valence-electron chi connectivity index (χ0n) is 8.57. The molecule has 1 N–H and O–H groups in total. The van der Waals surface area contributed by atoms with Crippen LogP contribution in [0.2, 0.25) is 0 Å². The predicted octanol–water partition coefficient (Wildman–Crippen LogP) is 1.77. The van der Waals surface area contributed by atoms with Gasteiger partial charge in [0.05, 0.1) is 3.57 Å². The van der Waals surface area contributed by atoms with Crippen molar-refractivity contribution < 1.29 is 9.47 Å². The molecule has 0 radical (unpaired) electrons. The van der Waals surface area contributed by atoms with Gasteiger partial charge in [-0.15, -0.1) is 0 Å². The molecule has 2 heterocycles. The summed E-state index contributed by atoms with van der Waals surface area (Å²) in [6.07, 6.45) is 1.54. The summed E-state index contributed by atoms with van der Waals surface area (Å²) in [5.74, 6) is 1.90. The topological polar surface area (TPSA) is 64.2 Å². The van der Waals surface area contributed by atoms with Crippen molar-refractivity contribution in [3.8, 4) is 22.9 Å². The van der Waals surface area contributed by atoms with E-state index >= 15 is 0 Å². The van der Waals surface area contributed by atoms with Crippen LogP contribution in [0.1, 0.15) is 0 Å². The third-order valence-electron chi connectivity index (χ3n) is 2.40. The molecule has 1 aromatic heterocycles. The molecule has 0 spiro atoms. The van der Waals surface area contributed by atoms with Crippen LogP contribution in [0.25, 0.3) is 11.4 Å². The van der Waals surface area contributed by atoms with Gasteiger partial charge in [0.2, 0.25) is 6.79 Å². The van der Waals surface area contributed by atoms with Gasteiger partial charge in [0.25, 0.3) is 5.56 Å². The second-order valence-electron chi connectivity index (χ2n) is 3.48. The highest BCUT2D eigenvalue weighted by Gasteiger charge is 2.14. The average Bonchev–Trinajstić information content (AvgIpc) is 2.79. The Balaban J connectivity index is 2.09. The molecule has 6 heteroatoms. The molecule has 0 atom stereocenters. The van der Waals surface area contributed by atoms with Crippen molar-refractivity contribution in [2.75, 3.05) is 6.79 Å². The molecule has 0 saturated carbocycles. The third-order valence-corrected chi connectivity index (χ3v) is 3.17. The van der Waals surface area contributed by atoms with Crippen LogP contribution < -0.4 is 15.0 Å². The lowest BCUT2D eigenvalue weighted by atomic mass is 10.2. The second kappa shape index (κ2) is 4.02. The van der Waals surface area contributed by atoms with E-state index in [1.807, 2.05) is 28.7 Å². The minimum absolute atomic E-state index is 0.145. The molecule has 86 valence electrons. The van der Waals surface area contributed by atoms with E-state index < -0.39 is 0 Å². The molecule has 0 saturated heterocycles. The molecule has 1 aliphatic heterocycles. The summed E-state index contributed by atoms with van der Waals surface area (Å²) in [6.45, 7) is 0.232. The maximum absolute atomic E-state index is 11.5. The van der Waals surface area contributed by atoms with Crippen molar-refractivity contribution in [2.45, 2.75) is 0 Å². The highest BCUT2D eigenvalue weighted by Crippen LogP contribution is 2.34. The number of hydrogen-bond acceptors (Lipinski definition) is 4. The molecule has 0 unspecified atom stereocenters. The average molecular weight is 342 g/mol. The van der Waals surface area contributed by atoms with Gasteiger partial charge in [-0.1, -0.05) is 0 Å². The lowest BCUT2D eigenvalue weighted by molar-refractivity contribution is 0.174. The van der Waals surface area contributed by atoms with Crippen LogP contribution in [0.15, 0.2) is 29.2 Å². The van der Waals surface area contributed by atoms with E-state index in [9.17, 15) is 4.79 Å². The summed E-state index contributed by atoms with van der Waals surface area (Å²) >= 11 is 1.94. The van der Waals surface area contributed by atoms with Gasteiger partial charge in [0.1, 0.15) is 5.82 Å². The molecule has 5 nitrogen and oxygen atoms in total. The fourth-order valence-corrected chi connectivity index (χ4v) is 1.84. The van der Waals surface area contributed by atoms with Gasteiger partial charge < -0.3 is 14.5 Å². The van der Waals surface area contributed by atoms with Gasteiger partial charge in [0.15, 0.2) is 11.5 Å². The Morgan fingerprint density at radius 3 is 2.94 bits per heavy atom. The maximum Gasteiger partial charge on any atom is 0.264 e. The summed E-state index contributed by atoms with van der Waals surface area (Å²) in [6, 6.07) is 5.43. The fraction of sp³-hybridized carbons (Fsp3) is 0.0909. The highest BCUT2D eigenvalue weighted by molar-refractivity contribution is 14.1. The molecule has 0 fully saturated rings. The van der Waals surface area contributed by atoms with Crippen LogP contribution in [-0.2, 0) is 0 Å². The monoisotopic (exact) mass is 342 g/mol. The van der Waals surface area contributed by atoms with Crippen molar-refractivity contribution in [3.05, 3.63) is 38.3 Å². The number of nitrogens with one attached hydrogen (secondary N) is 1. The summed E-state index contributed by atoms with van der Waals surface area (Å²) in [5.41, 5.74) is 0.649. The van der Waals surface area contributed by atoms with Gasteiger partial charge in [-0.3, -0.25) is 4.79 Å². The van der Waals surface area contributed by atoms with Crippen LogP contribution in [0.5, 0.6) is 11.5 Å². The number of halogens is 1. The van der Waals surface area contributed by atoms with Crippen LogP contribution in [0.3, 0.4) is 0 Å². The number of ether oxygens (including phenoxy) is 2. The molecular formula is C11H7IN2O3. The largest absolute Gasteiger partial charge is 0.454 e. The van der Waals surface area contributed by atoms with Crippen molar-refractivity contribution in [1.82, 2.24) is 9.97 Å². The lowest BCUT2D eigenvalue weighted by Gasteiger charge is -2.02. The third kappa shape index (κ3) is 1.88. The highest BCUT2D eigenvalue weighted by atomic mass is 127. The number of H-pyrrole nitrogens is 1. The van der Waals surface area contributed by atoms with Crippen molar-refractivity contribution >= 4 is 22.6 Å². The minimum Gasteiger partial charge on any atom is -0.454 e. The number of benzene rings is 1. The summed E-state index contributed by atoms with van der Waals surface area (Å²) < 4.78 is 11.0. The first-order chi connectivity index (χ1) is 8.24. The van der Waals surface area contributed by atoms with Crippen molar-refractivity contribution in [2.24, 2.45) is 0 Å². The first-order valence-corrected chi connectivity index (χ1v) is 5.97. The molecule has 1 aliphatic rings. The van der Waals surface area contributed by atoms with Crippen molar-refractivity contribution in [1.29, 1.82) is 0 Å². The van der Waals surface area contributed by atoms with Gasteiger partial charge in [-0.2, -0.15) is 0 Å². The Morgan fingerprint density at radius 1 is 1.29 bits per heavy atom. The van der Waals surface area contributed by atoms with Gasteiger partial charge >= 0.3 is 0 Å². The Morgan fingerprint density at radius 2 is 2.12 bits per heavy atom. The van der Waals surface area contributed by atoms with E-state index in [2.05, 4.69) is 9.97 Å². The van der Waals surface area contributed by atoms with Crippen LogP contribution >= 0.6 is 22.6 Å². The first-order valence-electron chi connectivity index (χ1n) is 4.89. The zero-order chi connectivity index (χ0) is 11.8. The molecular weight excluding hydrogens is 335 g/mol. The number of fused-ring (bicyclic) bond motifs is 1. The molecule has 0 bridgehead atoms. The Labute approximate surface area is 110 Å². The van der Waals surface area contributed by atoms with Gasteiger partial charge in [-0.25, -0.2) is 4.98 Å². The summed E-state index contributed by atoms with van der Waals surface area (Å²) in [5, 5.41) is 0. The minimum atomic E-state index is -0.145. The van der Waals surface area contributed by atoms with E-state index in [1.165, 1.54) is 0 Å². The molecule has 1 aromatic carbocycles.